The maximum absolute atomic E-state index is 14.9. The van der Waals surface area contributed by atoms with Gasteiger partial charge in [-0.3, -0.25) is 62.7 Å². The molecule has 1 spiro atoms. The Morgan fingerprint density at radius 3 is 2.04 bits per heavy atom. The fourth-order valence-electron chi connectivity index (χ4n) is 9.34. The molecule has 1 saturated carbocycles. The van der Waals surface area contributed by atoms with Crippen molar-refractivity contribution in [2.24, 2.45) is 33.7 Å². The maximum atomic E-state index is 14.9. The quantitative estimate of drug-likeness (QED) is 0.0290. The summed E-state index contributed by atoms with van der Waals surface area (Å²) in [7, 11) is 2.51. The van der Waals surface area contributed by atoms with E-state index >= 15 is 0 Å². The van der Waals surface area contributed by atoms with E-state index in [9.17, 15) is 52.7 Å². The van der Waals surface area contributed by atoms with E-state index in [2.05, 4.69) is 47.2 Å². The summed E-state index contributed by atoms with van der Waals surface area (Å²) < 4.78 is -0.736. The number of carbonyl (C=O) groups excluding carboxylic acids is 11. The molecule has 424 valence electrons. The smallest absolute Gasteiger partial charge is 0.246 e. The second kappa shape index (κ2) is 30.5. The molecule has 26 nitrogen and oxygen atoms in total. The van der Waals surface area contributed by atoms with Gasteiger partial charge in [0.2, 0.25) is 65.0 Å². The van der Waals surface area contributed by atoms with Gasteiger partial charge in [0.1, 0.15) is 42.3 Å². The minimum atomic E-state index is -1.76. The third-order valence-corrected chi connectivity index (χ3v) is 16.6. The lowest BCUT2D eigenvalue weighted by molar-refractivity contribution is -0.142. The Kier molecular flexibility index (Phi) is 24.0. The predicted octanol–water partition coefficient (Wildman–Crippen LogP) is -2.95. The van der Waals surface area contributed by atoms with Crippen LogP contribution in [0.15, 0.2) is 59.9 Å². The van der Waals surface area contributed by atoms with E-state index in [1.807, 2.05) is 0 Å². The molecule has 2 saturated heterocycles. The van der Waals surface area contributed by atoms with E-state index in [0.717, 1.165) is 19.3 Å². The number of nitrogens with zero attached hydrogens (tertiary/aromatic N) is 3. The van der Waals surface area contributed by atoms with Crippen LogP contribution in [0.4, 0.5) is 0 Å². The molecule has 2 aliphatic heterocycles. The minimum absolute atomic E-state index is 0.0206. The number of pyridine rings is 1. The molecule has 1 aromatic heterocycles. The molecule has 3 heterocycles. The lowest BCUT2D eigenvalue weighted by Gasteiger charge is -2.37. The molecule has 1 aromatic carbocycles. The van der Waals surface area contributed by atoms with E-state index in [1.165, 1.54) is 26.5 Å². The van der Waals surface area contributed by atoms with Crippen molar-refractivity contribution in [3.63, 3.8) is 0 Å². The first-order valence-corrected chi connectivity index (χ1v) is 28.1. The van der Waals surface area contributed by atoms with Gasteiger partial charge in [0.15, 0.2) is 5.96 Å². The third kappa shape index (κ3) is 19.8. The fourth-order valence-corrected chi connectivity index (χ4v) is 12.7. The molecule has 2 aromatic rings. The number of hydrogen-bond donors (Lipinski definition) is 12. The van der Waals surface area contributed by atoms with Gasteiger partial charge in [0, 0.05) is 61.7 Å². The number of aliphatic imine (C=N–C) groups is 1. The average Bonchev–Trinajstić information content (AvgIpc) is 3.91. The molecule has 3 aliphatic rings. The number of aromatic nitrogens is 1. The summed E-state index contributed by atoms with van der Waals surface area (Å²) in [5.41, 5.74) is 28.5. The van der Waals surface area contributed by atoms with Crippen LogP contribution in [0.25, 0.3) is 0 Å². The van der Waals surface area contributed by atoms with Crippen LogP contribution in [-0.2, 0) is 65.6 Å². The number of benzene rings is 1. The number of likely N-dealkylation sites (tertiary alicyclic amines) is 1. The fraction of sp³-hybridized carbons (Fsp3) is 0.540. The van der Waals surface area contributed by atoms with Gasteiger partial charge in [-0.2, -0.15) is 0 Å². The summed E-state index contributed by atoms with van der Waals surface area (Å²) >= 11 is 0. The number of nitrogens with one attached hydrogen (secondary N) is 7. The Morgan fingerprint density at radius 2 is 1.38 bits per heavy atom. The molecule has 7 atom stereocenters. The highest BCUT2D eigenvalue weighted by molar-refractivity contribution is 8.77. The highest BCUT2D eigenvalue weighted by atomic mass is 33.1. The predicted molar refractivity (Wildman–Crippen MR) is 289 cm³/mol. The van der Waals surface area contributed by atoms with Gasteiger partial charge in [-0.1, -0.05) is 77.2 Å². The lowest BCUT2D eigenvalue weighted by Crippen LogP contribution is -2.61. The summed E-state index contributed by atoms with van der Waals surface area (Å²) in [6.45, 7) is -0.376. The summed E-state index contributed by atoms with van der Waals surface area (Å²) in [4.78, 5) is 160. The molecule has 3 fully saturated rings. The van der Waals surface area contributed by atoms with Gasteiger partial charge < -0.3 is 70.8 Å². The topological polar surface area (TPSA) is 431 Å². The van der Waals surface area contributed by atoms with Crippen molar-refractivity contribution in [3.05, 3.63) is 66.0 Å². The van der Waals surface area contributed by atoms with Gasteiger partial charge in [-0.15, -0.1) is 0 Å². The Morgan fingerprint density at radius 1 is 0.744 bits per heavy atom. The molecule has 17 N–H and O–H groups in total. The molecule has 78 heavy (non-hydrogen) atoms. The van der Waals surface area contributed by atoms with Crippen LogP contribution in [0, 0.1) is 0 Å². The Bertz CT molecular complexity index is 2500. The largest absolute Gasteiger partial charge is 0.370 e. The van der Waals surface area contributed by atoms with E-state index in [-0.39, 0.29) is 63.3 Å². The zero-order valence-corrected chi connectivity index (χ0v) is 44.8. The summed E-state index contributed by atoms with van der Waals surface area (Å²) in [6.07, 6.45) is 5.55. The molecular weight excluding hydrogens is 1050 g/mol. The van der Waals surface area contributed by atoms with Crippen molar-refractivity contribution in [2.45, 2.75) is 143 Å². The van der Waals surface area contributed by atoms with E-state index in [4.69, 9.17) is 28.7 Å². The van der Waals surface area contributed by atoms with Gasteiger partial charge in [0.25, 0.3) is 0 Å². The number of nitrogens with two attached hydrogens (primary N) is 5. The highest BCUT2D eigenvalue weighted by Gasteiger charge is 2.42. The molecule has 1 aliphatic carbocycles. The van der Waals surface area contributed by atoms with Gasteiger partial charge >= 0.3 is 0 Å². The van der Waals surface area contributed by atoms with Crippen LogP contribution >= 0.6 is 21.6 Å². The summed E-state index contributed by atoms with van der Waals surface area (Å²) in [5, 5.41) is 18.4. The van der Waals surface area contributed by atoms with Gasteiger partial charge in [0.05, 0.1) is 13.0 Å². The van der Waals surface area contributed by atoms with Crippen LogP contribution in [0.3, 0.4) is 0 Å². The molecule has 0 bridgehead atoms. The molecule has 5 rings (SSSR count). The monoisotopic (exact) mass is 1120 g/mol. The van der Waals surface area contributed by atoms with Gasteiger partial charge in [-0.05, 0) is 62.1 Å². The van der Waals surface area contributed by atoms with E-state index in [0.29, 0.717) is 30.4 Å². The van der Waals surface area contributed by atoms with Crippen LogP contribution in [0.5, 0.6) is 0 Å². The SMILES string of the molecule is NC(=O)CCC1NC(=O)[C@H](Cc2ccccc2)NC(=O)C(Cc2cccnc2)NC(=O)CC2(CCCCC2)SSC[C@@H](C(=O)N2CCC[C@H]2C(=O)N[C@@H](CCCN=C(N)N)C(=O)NCC(N)=O)NC(=O)C(CC(N)=O)NC1=O. The van der Waals surface area contributed by atoms with Gasteiger partial charge in [-0.25, -0.2) is 0 Å². The van der Waals surface area contributed by atoms with E-state index < -0.39 is 138 Å². The molecule has 11 amide bonds. The normalized spacial score (nSPS) is 22.9. The van der Waals surface area contributed by atoms with Crippen LogP contribution in [-0.4, -0.2) is 153 Å². The zero-order valence-electron chi connectivity index (χ0n) is 43.2. The zero-order chi connectivity index (χ0) is 56.8. The first-order valence-electron chi connectivity index (χ1n) is 25.8. The molecule has 3 unspecified atom stereocenters. The number of hydrogen-bond acceptors (Lipinski definition) is 15. The lowest BCUT2D eigenvalue weighted by atomic mass is 9.85. The number of carbonyl (C=O) groups is 11. The Balaban J connectivity index is 1.52. The average molecular weight is 1120 g/mol. The van der Waals surface area contributed by atoms with Crippen molar-refractivity contribution >= 4 is 92.5 Å². The van der Waals surface area contributed by atoms with Crippen molar-refractivity contribution in [1.29, 1.82) is 0 Å². The van der Waals surface area contributed by atoms with Crippen molar-refractivity contribution in [2.75, 3.05) is 25.4 Å². The molecular formula is C50H71N15O11S2. The second-order valence-electron chi connectivity index (χ2n) is 19.5. The van der Waals surface area contributed by atoms with Crippen LogP contribution in [0.1, 0.15) is 94.6 Å². The van der Waals surface area contributed by atoms with Crippen molar-refractivity contribution < 1.29 is 52.7 Å². The third-order valence-electron chi connectivity index (χ3n) is 13.3. The van der Waals surface area contributed by atoms with Crippen LogP contribution < -0.4 is 65.9 Å². The maximum Gasteiger partial charge on any atom is 0.246 e. The van der Waals surface area contributed by atoms with Crippen molar-refractivity contribution in [3.8, 4) is 0 Å². The Labute approximate surface area is 459 Å². The number of rotatable bonds is 19. The first kappa shape index (κ1) is 61.4. The molecule has 28 heteroatoms. The first-order chi connectivity index (χ1) is 37.2. The minimum Gasteiger partial charge on any atom is -0.370 e. The second-order valence-corrected chi connectivity index (χ2v) is 22.3. The standard InChI is InChI=1S/C50H71N15O11S2/c51-38(66)16-15-32-43(71)63-35(24-39(52)67)46(74)64-36(48(76)65-21-9-14-37(65)47(75)61-31(13-8-20-57-49(54)55)42(70)58-27-40(53)68)28-77-78-50(17-5-2-6-18-50)25-41(69)59-33(23-30-12-7-19-56-26-30)44(72)62-34(45(73)60-32)22-29-10-3-1-4-11-29/h1,3-4,7,10-12,19,26,31-37H,2,5-6,8-9,13-18,20-25,27-28H2,(H2,51,66)(H2,52,67)(H2,53,68)(H,58,70)(H,59,69)(H,60,73)(H,61,75)(H,62,72)(H,63,71)(H,64,74)(H4,54,55,57)/t31-,32?,33?,34-,35?,36-,37-/m0/s1. The highest BCUT2D eigenvalue weighted by Crippen LogP contribution is 2.48. The number of guanidine groups is 1. The molecule has 0 radical (unpaired) electrons. The summed E-state index contributed by atoms with van der Waals surface area (Å²) in [5.74, 6) is -9.46. The Hall–Kier alpha value is -7.49. The number of primary amides is 3. The summed E-state index contributed by atoms with van der Waals surface area (Å²) in [6, 6.07) is 2.25. The number of amides is 11. The van der Waals surface area contributed by atoms with E-state index in [1.54, 1.807) is 54.9 Å². The van der Waals surface area contributed by atoms with Crippen LogP contribution in [0.2, 0.25) is 0 Å². The van der Waals surface area contributed by atoms with Crippen molar-refractivity contribution in [1.82, 2.24) is 47.1 Å².